The zero-order valence-electron chi connectivity index (χ0n) is 15.7. The Bertz CT molecular complexity index is 980. The highest BCUT2D eigenvalue weighted by molar-refractivity contribution is 8.03. The van der Waals surface area contributed by atoms with Crippen LogP contribution in [0.5, 0.6) is 0 Å². The van der Waals surface area contributed by atoms with Gasteiger partial charge >= 0.3 is 0 Å². The third kappa shape index (κ3) is 3.04. The minimum atomic E-state index is 1.21. The molecule has 0 saturated carbocycles. The summed E-state index contributed by atoms with van der Waals surface area (Å²) in [5.74, 6) is 0. The Balaban J connectivity index is 1.70. The molecule has 2 nitrogen and oxygen atoms in total. The fraction of sp³-hybridized carbons (Fsp3) is 0.174. The predicted octanol–water partition coefficient (Wildman–Crippen LogP) is 5.43. The Hall–Kier alpha value is -2.52. The average Bonchev–Trinajstić information content (AvgIpc) is 2.92. The zero-order valence-corrected chi connectivity index (χ0v) is 16.5. The van der Waals surface area contributed by atoms with Gasteiger partial charge in [0.2, 0.25) is 5.69 Å². The molecule has 0 atom stereocenters. The number of pyridine rings is 1. The Kier molecular flexibility index (Phi) is 4.33. The van der Waals surface area contributed by atoms with Gasteiger partial charge in [0, 0.05) is 50.1 Å². The maximum absolute atomic E-state index is 2.31. The average molecular weight is 360 g/mol. The summed E-state index contributed by atoms with van der Waals surface area (Å²) in [5, 5.41) is 1.26. The third-order valence-electron chi connectivity index (χ3n) is 4.81. The number of anilines is 1. The van der Waals surface area contributed by atoms with E-state index in [1.54, 1.807) is 0 Å². The zero-order chi connectivity index (χ0) is 18.3. The lowest BCUT2D eigenvalue weighted by Crippen LogP contribution is -2.37. The van der Waals surface area contributed by atoms with E-state index in [1.807, 2.05) is 11.8 Å². The van der Waals surface area contributed by atoms with Crippen molar-refractivity contribution >= 4 is 23.5 Å². The molecule has 2 heterocycles. The summed E-state index contributed by atoms with van der Waals surface area (Å²) in [5.41, 5.74) is 7.50. The largest absolute Gasteiger partial charge is 0.338 e. The van der Waals surface area contributed by atoms with E-state index in [1.165, 1.54) is 43.8 Å². The second-order valence-electron chi connectivity index (χ2n) is 6.85. The molecular weight excluding hydrogens is 336 g/mol. The number of para-hydroxylation sites is 1. The summed E-state index contributed by atoms with van der Waals surface area (Å²) in [7, 11) is 2.14. The molecule has 4 rings (SSSR count). The van der Waals surface area contributed by atoms with Crippen LogP contribution in [0.1, 0.15) is 22.5 Å². The quantitative estimate of drug-likeness (QED) is 0.563. The van der Waals surface area contributed by atoms with Crippen LogP contribution >= 0.6 is 11.8 Å². The molecule has 130 valence electrons. The summed E-state index contributed by atoms with van der Waals surface area (Å²) in [4.78, 5) is 3.59. The van der Waals surface area contributed by atoms with Crippen LogP contribution in [-0.4, -0.2) is 7.05 Å². The molecule has 1 aliphatic heterocycles. The molecule has 3 aromatic rings. The molecular formula is C23H23N2S+. The second-order valence-corrected chi connectivity index (χ2v) is 7.92. The van der Waals surface area contributed by atoms with Gasteiger partial charge in [-0.3, -0.25) is 0 Å². The highest BCUT2D eigenvalue weighted by Gasteiger charge is 2.22. The van der Waals surface area contributed by atoms with E-state index in [0.29, 0.717) is 0 Å². The normalized spacial score (nSPS) is 14.8. The van der Waals surface area contributed by atoms with Crippen molar-refractivity contribution in [2.45, 2.75) is 25.7 Å². The minimum absolute atomic E-state index is 1.21. The summed E-state index contributed by atoms with van der Waals surface area (Å²) < 4.78 is 2.31. The number of aromatic nitrogens is 1. The number of benzene rings is 2. The number of aryl methyl sites for hydroxylation is 3. The lowest BCUT2D eigenvalue weighted by atomic mass is 10.1. The number of hydrogen-bond donors (Lipinski definition) is 0. The van der Waals surface area contributed by atoms with Crippen molar-refractivity contribution in [1.29, 1.82) is 0 Å². The number of fused-ring (bicyclic) bond motifs is 1. The molecule has 0 unspecified atom stereocenters. The first kappa shape index (κ1) is 16.9. The van der Waals surface area contributed by atoms with E-state index in [9.17, 15) is 0 Å². The molecule has 0 saturated heterocycles. The Morgan fingerprint density at radius 1 is 0.885 bits per heavy atom. The Morgan fingerprint density at radius 2 is 1.54 bits per heavy atom. The van der Waals surface area contributed by atoms with Gasteiger partial charge in [0.25, 0.3) is 0 Å². The molecule has 0 N–H and O–H groups in total. The van der Waals surface area contributed by atoms with E-state index in [4.69, 9.17) is 0 Å². The lowest BCUT2D eigenvalue weighted by Gasteiger charge is -2.13. The van der Waals surface area contributed by atoms with Crippen molar-refractivity contribution in [2.24, 2.45) is 0 Å². The van der Waals surface area contributed by atoms with Crippen LogP contribution in [0.25, 0.3) is 11.8 Å². The first-order chi connectivity index (χ1) is 12.5. The highest BCUT2D eigenvalue weighted by Crippen LogP contribution is 2.45. The molecule has 0 aliphatic carbocycles. The number of rotatable bonds is 2. The Labute approximate surface area is 159 Å². The summed E-state index contributed by atoms with van der Waals surface area (Å²) in [6, 6.07) is 21.8. The number of thioether (sulfide) groups is 1. The first-order valence-corrected chi connectivity index (χ1v) is 9.67. The molecule has 1 aromatic heterocycles. The summed E-state index contributed by atoms with van der Waals surface area (Å²) >= 11 is 1.83. The van der Waals surface area contributed by atoms with E-state index in [-0.39, 0.29) is 0 Å². The van der Waals surface area contributed by atoms with Gasteiger partial charge in [0.1, 0.15) is 0 Å². The fourth-order valence-corrected chi connectivity index (χ4v) is 4.62. The van der Waals surface area contributed by atoms with Gasteiger partial charge in [-0.15, -0.1) is 0 Å². The van der Waals surface area contributed by atoms with Crippen LogP contribution in [-0.2, 0) is 0 Å². The maximum Gasteiger partial charge on any atom is 0.211 e. The minimum Gasteiger partial charge on any atom is -0.338 e. The van der Waals surface area contributed by atoms with Crippen LogP contribution in [0.2, 0.25) is 0 Å². The molecule has 0 radical (unpaired) electrons. The van der Waals surface area contributed by atoms with Crippen molar-refractivity contribution < 1.29 is 4.57 Å². The van der Waals surface area contributed by atoms with Crippen molar-refractivity contribution in [1.82, 2.24) is 0 Å². The summed E-state index contributed by atoms with van der Waals surface area (Å²) in [6.45, 7) is 6.47. The number of nitrogens with zero attached hydrogens (tertiary/aromatic N) is 2. The second kappa shape index (κ2) is 6.65. The molecule has 3 heteroatoms. The van der Waals surface area contributed by atoms with Crippen LogP contribution in [0.3, 0.4) is 0 Å². The molecule has 1 aliphatic rings. The maximum atomic E-state index is 2.31. The third-order valence-corrected chi connectivity index (χ3v) is 5.98. The van der Waals surface area contributed by atoms with Gasteiger partial charge in [-0.05, 0) is 30.7 Å². The van der Waals surface area contributed by atoms with Crippen LogP contribution in [0.15, 0.2) is 70.6 Å². The number of hydrogen-bond acceptors (Lipinski definition) is 2. The van der Waals surface area contributed by atoms with Gasteiger partial charge in [-0.1, -0.05) is 41.6 Å². The molecule has 0 bridgehead atoms. The molecule has 2 aromatic carbocycles. The van der Waals surface area contributed by atoms with Crippen LogP contribution in [0.4, 0.5) is 5.69 Å². The molecule has 26 heavy (non-hydrogen) atoms. The SMILES string of the molecule is Cc1ccc(-[n+]2c(C)cc(C=C3Sc4ccccc4N3C)cc2C)cc1. The monoisotopic (exact) mass is 359 g/mol. The van der Waals surface area contributed by atoms with Crippen molar-refractivity contribution in [3.63, 3.8) is 0 Å². The van der Waals surface area contributed by atoms with Crippen molar-refractivity contribution in [3.8, 4) is 5.69 Å². The van der Waals surface area contributed by atoms with Crippen molar-refractivity contribution in [2.75, 3.05) is 11.9 Å². The fourth-order valence-electron chi connectivity index (χ4n) is 3.51. The topological polar surface area (TPSA) is 7.12 Å². The summed E-state index contributed by atoms with van der Waals surface area (Å²) in [6.07, 6.45) is 2.28. The first-order valence-electron chi connectivity index (χ1n) is 8.85. The van der Waals surface area contributed by atoms with Gasteiger partial charge in [-0.25, -0.2) is 0 Å². The smallest absolute Gasteiger partial charge is 0.211 e. The molecule has 0 amide bonds. The molecule has 0 fully saturated rings. The van der Waals surface area contributed by atoms with Gasteiger partial charge < -0.3 is 4.90 Å². The predicted molar refractivity (Wildman–Crippen MR) is 111 cm³/mol. The van der Waals surface area contributed by atoms with Crippen LogP contribution < -0.4 is 9.47 Å². The van der Waals surface area contributed by atoms with Gasteiger partial charge in [0.15, 0.2) is 11.4 Å². The van der Waals surface area contributed by atoms with E-state index >= 15 is 0 Å². The van der Waals surface area contributed by atoms with E-state index in [0.717, 1.165) is 0 Å². The van der Waals surface area contributed by atoms with Gasteiger partial charge in [-0.2, -0.15) is 4.57 Å². The van der Waals surface area contributed by atoms with Crippen molar-refractivity contribution in [3.05, 3.63) is 88.2 Å². The Morgan fingerprint density at radius 3 is 2.19 bits per heavy atom. The molecule has 0 spiro atoms. The highest BCUT2D eigenvalue weighted by atomic mass is 32.2. The van der Waals surface area contributed by atoms with Crippen LogP contribution in [0, 0.1) is 20.8 Å². The lowest BCUT2D eigenvalue weighted by molar-refractivity contribution is -0.609. The van der Waals surface area contributed by atoms with Gasteiger partial charge in [0.05, 0.1) is 10.7 Å². The standard InChI is InChI=1S/C23H23N2S/c1-16-9-11-20(12-10-16)25-17(2)13-19(14-18(25)3)15-23-24(4)21-7-5-6-8-22(21)26-23/h5-15H,1-4H3/q+1. The van der Waals surface area contributed by atoms with E-state index < -0.39 is 0 Å². The van der Waals surface area contributed by atoms with E-state index in [2.05, 4.69) is 104 Å².